The molecule has 0 amide bonds. The minimum Gasteiger partial charge on any atom is -0.417 e. The number of aromatic amines is 1. The van der Waals surface area contributed by atoms with Gasteiger partial charge in [0, 0.05) is 7.05 Å². The molecule has 8 heteroatoms. The van der Waals surface area contributed by atoms with Crippen molar-refractivity contribution in [2.24, 2.45) is 7.05 Å². The highest BCUT2D eigenvalue weighted by Crippen LogP contribution is 2.28. The van der Waals surface area contributed by atoms with Crippen LogP contribution in [-0.2, 0) is 7.05 Å². The van der Waals surface area contributed by atoms with Gasteiger partial charge in [-0.05, 0) is 0 Å². The second-order valence-electron chi connectivity index (χ2n) is 6.73. The van der Waals surface area contributed by atoms with Crippen LogP contribution < -0.4 is 21.2 Å². The summed E-state index contributed by atoms with van der Waals surface area (Å²) in [5, 5.41) is 0. The standard InChI is InChI=1S/C11H24N4O2Si2/c1-14-9(12)8(10(16)13-11(14)17)15(18(2,3)4)19(5,6)7/h12H2,1-7H3,(H,13,16,17). The van der Waals surface area contributed by atoms with Crippen molar-refractivity contribution in [2.75, 3.05) is 9.96 Å². The Morgan fingerprint density at radius 1 is 1.05 bits per heavy atom. The highest BCUT2D eigenvalue weighted by Gasteiger charge is 2.37. The van der Waals surface area contributed by atoms with E-state index < -0.39 is 22.2 Å². The van der Waals surface area contributed by atoms with Gasteiger partial charge >= 0.3 is 5.69 Å². The average molecular weight is 301 g/mol. The number of nitrogens with zero attached hydrogens (tertiary/aromatic N) is 2. The molecule has 0 aliphatic heterocycles. The summed E-state index contributed by atoms with van der Waals surface area (Å²) in [5.74, 6) is 0.249. The summed E-state index contributed by atoms with van der Waals surface area (Å²) in [6.45, 7) is 13.1. The Morgan fingerprint density at radius 2 is 1.47 bits per heavy atom. The fourth-order valence-corrected chi connectivity index (χ4v) is 12.3. The van der Waals surface area contributed by atoms with Crippen molar-refractivity contribution in [3.63, 3.8) is 0 Å². The molecule has 0 radical (unpaired) electrons. The highest BCUT2D eigenvalue weighted by atomic mass is 28.4. The summed E-state index contributed by atoms with van der Waals surface area (Å²) in [7, 11) is -2.00. The van der Waals surface area contributed by atoms with E-state index in [1.165, 1.54) is 4.57 Å². The van der Waals surface area contributed by atoms with Crippen molar-refractivity contribution in [2.45, 2.75) is 39.3 Å². The molecule has 0 atom stereocenters. The molecule has 19 heavy (non-hydrogen) atoms. The number of nitrogens with two attached hydrogens (primary N) is 1. The van der Waals surface area contributed by atoms with Crippen LogP contribution in [0.1, 0.15) is 0 Å². The topological polar surface area (TPSA) is 84.1 Å². The minimum absolute atomic E-state index is 0.249. The van der Waals surface area contributed by atoms with E-state index in [-0.39, 0.29) is 11.4 Å². The number of nitrogens with one attached hydrogen (secondary N) is 1. The van der Waals surface area contributed by atoms with Crippen LogP contribution in [0.3, 0.4) is 0 Å². The van der Waals surface area contributed by atoms with Crippen LogP contribution in [0.2, 0.25) is 39.3 Å². The Morgan fingerprint density at radius 3 is 1.84 bits per heavy atom. The largest absolute Gasteiger partial charge is 0.417 e. The molecule has 0 aromatic carbocycles. The lowest BCUT2D eigenvalue weighted by molar-refractivity contribution is 0.813. The average Bonchev–Trinajstić information content (AvgIpc) is 2.17. The molecular formula is C11H24N4O2Si2. The molecule has 108 valence electrons. The zero-order valence-electron chi connectivity index (χ0n) is 12.8. The molecule has 1 aromatic rings. The first-order chi connectivity index (χ1) is 8.37. The van der Waals surface area contributed by atoms with E-state index in [4.69, 9.17) is 5.73 Å². The molecule has 1 heterocycles. The summed E-state index contributed by atoms with van der Waals surface area (Å²) in [6.07, 6.45) is 0. The maximum absolute atomic E-state index is 12.2. The van der Waals surface area contributed by atoms with Gasteiger partial charge in [0.1, 0.15) is 28.0 Å². The maximum Gasteiger partial charge on any atom is 0.329 e. The molecule has 0 aliphatic carbocycles. The molecule has 0 saturated heterocycles. The number of H-pyrrole nitrogens is 1. The lowest BCUT2D eigenvalue weighted by Gasteiger charge is -2.45. The van der Waals surface area contributed by atoms with Crippen molar-refractivity contribution in [3.05, 3.63) is 20.8 Å². The second kappa shape index (κ2) is 4.67. The van der Waals surface area contributed by atoms with E-state index in [1.54, 1.807) is 7.05 Å². The van der Waals surface area contributed by atoms with Crippen molar-refractivity contribution in [1.29, 1.82) is 0 Å². The van der Waals surface area contributed by atoms with Crippen LogP contribution in [-0.4, -0.2) is 26.0 Å². The third kappa shape index (κ3) is 3.00. The number of nitrogen functional groups attached to an aromatic ring is 1. The van der Waals surface area contributed by atoms with Gasteiger partial charge in [-0.2, -0.15) is 0 Å². The first kappa shape index (κ1) is 15.8. The van der Waals surface area contributed by atoms with Gasteiger partial charge in [-0.25, -0.2) is 4.79 Å². The van der Waals surface area contributed by atoms with Crippen molar-refractivity contribution in [1.82, 2.24) is 9.55 Å². The van der Waals surface area contributed by atoms with E-state index in [2.05, 4.69) is 48.5 Å². The summed E-state index contributed by atoms with van der Waals surface area (Å²) < 4.78 is 3.51. The Hall–Kier alpha value is -1.29. The third-order valence-corrected chi connectivity index (χ3v) is 10.1. The minimum atomic E-state index is -1.79. The predicted molar refractivity (Wildman–Crippen MR) is 85.9 cm³/mol. The SMILES string of the molecule is Cn1c(N)c(N([Si](C)(C)C)[Si](C)(C)C)c(=O)[nH]c1=O. The van der Waals surface area contributed by atoms with Gasteiger partial charge < -0.3 is 9.96 Å². The fraction of sp³-hybridized carbons (Fsp3) is 0.636. The van der Waals surface area contributed by atoms with Crippen molar-refractivity contribution >= 4 is 28.0 Å². The fourth-order valence-electron chi connectivity index (χ4n) is 2.52. The molecular weight excluding hydrogens is 276 g/mol. The number of rotatable bonds is 3. The molecule has 0 saturated carbocycles. The van der Waals surface area contributed by atoms with Gasteiger partial charge in [0.25, 0.3) is 5.56 Å². The van der Waals surface area contributed by atoms with Crippen LogP contribution in [0.15, 0.2) is 9.59 Å². The Labute approximate surface area is 115 Å². The van der Waals surface area contributed by atoms with E-state index in [0.717, 1.165) is 0 Å². The van der Waals surface area contributed by atoms with Crippen LogP contribution in [0.5, 0.6) is 0 Å². The van der Waals surface area contributed by atoms with Crippen LogP contribution in [0.25, 0.3) is 0 Å². The normalized spacial score (nSPS) is 12.6. The number of aromatic nitrogens is 2. The lowest BCUT2D eigenvalue weighted by atomic mass is 10.5. The van der Waals surface area contributed by atoms with E-state index in [1.807, 2.05) is 0 Å². The molecule has 0 fully saturated rings. The van der Waals surface area contributed by atoms with E-state index in [9.17, 15) is 9.59 Å². The quantitative estimate of drug-likeness (QED) is 0.820. The molecule has 6 nitrogen and oxygen atoms in total. The highest BCUT2D eigenvalue weighted by molar-refractivity contribution is 6.99. The smallest absolute Gasteiger partial charge is 0.329 e. The zero-order chi connectivity index (χ0) is 15.2. The van der Waals surface area contributed by atoms with Gasteiger partial charge in [-0.1, -0.05) is 39.3 Å². The Kier molecular flexibility index (Phi) is 3.88. The predicted octanol–water partition coefficient (Wildman–Crippen LogP) is 1.13. The molecule has 1 aromatic heterocycles. The number of hydrogen-bond donors (Lipinski definition) is 2. The molecule has 0 unspecified atom stereocenters. The van der Waals surface area contributed by atoms with Crippen molar-refractivity contribution < 1.29 is 0 Å². The van der Waals surface area contributed by atoms with Gasteiger partial charge in [0.05, 0.1) is 0 Å². The van der Waals surface area contributed by atoms with Crippen molar-refractivity contribution in [3.8, 4) is 0 Å². The summed E-state index contributed by atoms with van der Waals surface area (Å²) >= 11 is 0. The van der Waals surface area contributed by atoms with Crippen LogP contribution in [0, 0.1) is 0 Å². The molecule has 0 aliphatic rings. The first-order valence-corrected chi connectivity index (χ1v) is 13.2. The van der Waals surface area contributed by atoms with Gasteiger partial charge in [0.2, 0.25) is 0 Å². The van der Waals surface area contributed by atoms with Gasteiger partial charge in [-0.15, -0.1) is 0 Å². The monoisotopic (exact) mass is 300 g/mol. The summed E-state index contributed by atoms with van der Waals surface area (Å²) in [5.41, 5.74) is 5.62. The van der Waals surface area contributed by atoms with Gasteiger partial charge in [0.15, 0.2) is 0 Å². The Balaban J connectivity index is 3.73. The lowest BCUT2D eigenvalue weighted by Crippen LogP contribution is -2.61. The first-order valence-electron chi connectivity index (χ1n) is 6.26. The summed E-state index contributed by atoms with van der Waals surface area (Å²) in [6, 6.07) is 0. The Bertz CT molecular complexity index is 579. The molecule has 0 bridgehead atoms. The van der Waals surface area contributed by atoms with E-state index in [0.29, 0.717) is 5.69 Å². The molecule has 1 rings (SSSR count). The third-order valence-electron chi connectivity index (χ3n) is 2.91. The van der Waals surface area contributed by atoms with Crippen LogP contribution in [0.4, 0.5) is 11.5 Å². The molecule has 0 spiro atoms. The molecule has 3 N–H and O–H groups in total. The maximum atomic E-state index is 12.2. The number of hydrogen-bond acceptors (Lipinski definition) is 4. The van der Waals surface area contributed by atoms with Crippen LogP contribution >= 0.6 is 0 Å². The number of anilines is 2. The van der Waals surface area contributed by atoms with E-state index >= 15 is 0 Å². The summed E-state index contributed by atoms with van der Waals surface area (Å²) in [4.78, 5) is 26.1. The van der Waals surface area contributed by atoms with Gasteiger partial charge in [-0.3, -0.25) is 14.3 Å². The second-order valence-corrected chi connectivity index (χ2v) is 16.8. The zero-order valence-corrected chi connectivity index (χ0v) is 14.8.